The molecule has 1 heterocycles. The van der Waals surface area contributed by atoms with Gasteiger partial charge in [-0.2, -0.15) is 0 Å². The van der Waals surface area contributed by atoms with E-state index in [2.05, 4.69) is 54.6 Å². The first-order valence-electron chi connectivity index (χ1n) is 4.45. The number of allylic oxidation sites excluding steroid dienone is 1. The molecule has 1 aromatic carbocycles. The molecule has 0 saturated heterocycles. The summed E-state index contributed by atoms with van der Waals surface area (Å²) in [6, 6.07) is 10.5. The Kier molecular flexibility index (Phi) is 1.93. The summed E-state index contributed by atoms with van der Waals surface area (Å²) in [4.78, 5) is 0. The van der Waals surface area contributed by atoms with E-state index in [0.717, 1.165) is 6.54 Å². The molecule has 0 saturated carbocycles. The first kappa shape index (κ1) is 8.11. The summed E-state index contributed by atoms with van der Waals surface area (Å²) < 4.78 is 2.22. The first-order chi connectivity index (χ1) is 6.27. The first-order valence-corrected chi connectivity index (χ1v) is 4.45. The number of aromatic nitrogens is 1. The predicted octanol–water partition coefficient (Wildman–Crippen LogP) is 3.22. The van der Waals surface area contributed by atoms with E-state index in [1.165, 1.54) is 16.5 Å². The van der Waals surface area contributed by atoms with Gasteiger partial charge in [0.05, 0.1) is 0 Å². The van der Waals surface area contributed by atoms with Crippen LogP contribution in [-0.2, 0) is 6.54 Å². The second-order valence-corrected chi connectivity index (χ2v) is 3.46. The fourth-order valence-corrected chi connectivity index (χ4v) is 1.57. The fraction of sp³-hybridized carbons (Fsp3) is 0.167. The van der Waals surface area contributed by atoms with Crippen molar-refractivity contribution in [2.45, 2.75) is 13.5 Å². The Bertz CT molecular complexity index is 437. The Balaban J connectivity index is 2.51. The number of para-hydroxylation sites is 1. The highest BCUT2D eigenvalue weighted by Gasteiger charge is 1.98. The van der Waals surface area contributed by atoms with Gasteiger partial charge in [-0.25, -0.2) is 0 Å². The molecule has 0 amide bonds. The summed E-state index contributed by atoms with van der Waals surface area (Å²) in [7, 11) is 0. The topological polar surface area (TPSA) is 4.93 Å². The lowest BCUT2D eigenvalue weighted by atomic mass is 10.2. The molecule has 0 radical (unpaired) electrons. The quantitative estimate of drug-likeness (QED) is 0.611. The van der Waals surface area contributed by atoms with E-state index in [-0.39, 0.29) is 0 Å². The molecular weight excluding hydrogens is 158 g/mol. The van der Waals surface area contributed by atoms with Crippen molar-refractivity contribution in [1.82, 2.24) is 4.57 Å². The summed E-state index contributed by atoms with van der Waals surface area (Å²) in [5.41, 5.74) is 2.46. The highest BCUT2D eigenvalue weighted by Crippen LogP contribution is 2.15. The molecule has 0 aliphatic carbocycles. The van der Waals surface area contributed by atoms with Gasteiger partial charge in [0.15, 0.2) is 0 Å². The van der Waals surface area contributed by atoms with Gasteiger partial charge < -0.3 is 4.57 Å². The largest absolute Gasteiger partial charge is 0.343 e. The molecule has 66 valence electrons. The van der Waals surface area contributed by atoms with Crippen molar-refractivity contribution in [1.29, 1.82) is 0 Å². The number of fused-ring (bicyclic) bond motifs is 1. The average Bonchev–Trinajstić information content (AvgIpc) is 2.48. The maximum absolute atomic E-state index is 3.92. The van der Waals surface area contributed by atoms with E-state index in [0.29, 0.717) is 0 Å². The van der Waals surface area contributed by atoms with Gasteiger partial charge in [0, 0.05) is 18.3 Å². The predicted molar refractivity (Wildman–Crippen MR) is 56.8 cm³/mol. The van der Waals surface area contributed by atoms with Gasteiger partial charge in [-0.05, 0) is 24.4 Å². The number of rotatable bonds is 2. The van der Waals surface area contributed by atoms with Crippen LogP contribution >= 0.6 is 0 Å². The summed E-state index contributed by atoms with van der Waals surface area (Å²) in [6.45, 7) is 6.88. The molecule has 0 spiro atoms. The van der Waals surface area contributed by atoms with Crippen molar-refractivity contribution in [2.75, 3.05) is 0 Å². The third-order valence-corrected chi connectivity index (χ3v) is 2.12. The minimum atomic E-state index is 0.910. The summed E-state index contributed by atoms with van der Waals surface area (Å²) >= 11 is 0. The maximum atomic E-state index is 3.92. The van der Waals surface area contributed by atoms with Crippen LogP contribution in [-0.4, -0.2) is 4.57 Å². The van der Waals surface area contributed by atoms with Crippen molar-refractivity contribution in [3.05, 3.63) is 48.7 Å². The maximum Gasteiger partial charge on any atom is 0.0483 e. The Labute approximate surface area is 78.3 Å². The van der Waals surface area contributed by atoms with Crippen LogP contribution < -0.4 is 0 Å². The number of hydrogen-bond donors (Lipinski definition) is 0. The molecule has 0 bridgehead atoms. The molecule has 1 aromatic heterocycles. The Morgan fingerprint density at radius 2 is 2.08 bits per heavy atom. The third-order valence-electron chi connectivity index (χ3n) is 2.12. The lowest BCUT2D eigenvalue weighted by Crippen LogP contribution is -1.95. The zero-order valence-corrected chi connectivity index (χ0v) is 7.83. The zero-order chi connectivity index (χ0) is 9.26. The van der Waals surface area contributed by atoms with Crippen LogP contribution in [0.1, 0.15) is 6.92 Å². The van der Waals surface area contributed by atoms with Crippen LogP contribution in [0.15, 0.2) is 48.7 Å². The lowest BCUT2D eigenvalue weighted by Gasteiger charge is -2.03. The summed E-state index contributed by atoms with van der Waals surface area (Å²) in [5.74, 6) is 0. The Hall–Kier alpha value is -1.50. The van der Waals surface area contributed by atoms with Gasteiger partial charge in [0.25, 0.3) is 0 Å². The molecule has 0 N–H and O–H groups in total. The van der Waals surface area contributed by atoms with Gasteiger partial charge in [-0.3, -0.25) is 0 Å². The van der Waals surface area contributed by atoms with Crippen molar-refractivity contribution >= 4 is 10.9 Å². The van der Waals surface area contributed by atoms with Gasteiger partial charge >= 0.3 is 0 Å². The van der Waals surface area contributed by atoms with E-state index < -0.39 is 0 Å². The minimum absolute atomic E-state index is 0.910. The van der Waals surface area contributed by atoms with Crippen LogP contribution in [0.5, 0.6) is 0 Å². The molecule has 13 heavy (non-hydrogen) atoms. The van der Waals surface area contributed by atoms with E-state index in [9.17, 15) is 0 Å². The number of benzene rings is 1. The standard InChI is InChI=1S/C12H13N/c1-10(2)9-13-8-7-11-5-3-4-6-12(11)13/h3-8H,1,9H2,2H3. The Morgan fingerprint density at radius 3 is 2.85 bits per heavy atom. The molecule has 0 fully saturated rings. The Morgan fingerprint density at radius 1 is 1.31 bits per heavy atom. The highest BCUT2D eigenvalue weighted by atomic mass is 14.9. The van der Waals surface area contributed by atoms with Crippen molar-refractivity contribution in [3.63, 3.8) is 0 Å². The molecule has 0 aliphatic heterocycles. The fourth-order valence-electron chi connectivity index (χ4n) is 1.57. The zero-order valence-electron chi connectivity index (χ0n) is 7.83. The molecule has 0 unspecified atom stereocenters. The molecule has 0 aliphatic rings. The average molecular weight is 171 g/mol. The van der Waals surface area contributed by atoms with Gasteiger partial charge in [-0.1, -0.05) is 30.4 Å². The van der Waals surface area contributed by atoms with Crippen LogP contribution in [0.4, 0.5) is 0 Å². The van der Waals surface area contributed by atoms with E-state index >= 15 is 0 Å². The van der Waals surface area contributed by atoms with E-state index in [4.69, 9.17) is 0 Å². The van der Waals surface area contributed by atoms with Crippen LogP contribution in [0.25, 0.3) is 10.9 Å². The SMILES string of the molecule is C=C(C)Cn1ccc2ccccc21. The monoisotopic (exact) mass is 171 g/mol. The van der Waals surface area contributed by atoms with Crippen LogP contribution in [0.2, 0.25) is 0 Å². The molecule has 1 heteroatoms. The highest BCUT2D eigenvalue weighted by molar-refractivity contribution is 5.79. The molecule has 2 aromatic rings. The number of hydrogen-bond acceptors (Lipinski definition) is 0. The molecule has 1 nitrogen and oxygen atoms in total. The molecular formula is C12H13N. The second-order valence-electron chi connectivity index (χ2n) is 3.46. The van der Waals surface area contributed by atoms with Crippen molar-refractivity contribution < 1.29 is 0 Å². The number of nitrogens with zero attached hydrogens (tertiary/aromatic N) is 1. The third kappa shape index (κ3) is 1.50. The minimum Gasteiger partial charge on any atom is -0.343 e. The normalized spacial score (nSPS) is 10.5. The van der Waals surface area contributed by atoms with E-state index in [1.807, 2.05) is 0 Å². The smallest absolute Gasteiger partial charge is 0.0483 e. The van der Waals surface area contributed by atoms with Gasteiger partial charge in [0.2, 0.25) is 0 Å². The van der Waals surface area contributed by atoms with Crippen molar-refractivity contribution in [2.24, 2.45) is 0 Å². The van der Waals surface area contributed by atoms with E-state index in [1.54, 1.807) is 0 Å². The summed E-state index contributed by atoms with van der Waals surface area (Å²) in [6.07, 6.45) is 2.11. The van der Waals surface area contributed by atoms with Gasteiger partial charge in [0.1, 0.15) is 0 Å². The lowest BCUT2D eigenvalue weighted by molar-refractivity contribution is 0.822. The second kappa shape index (κ2) is 3.09. The molecule has 0 atom stereocenters. The summed E-state index contributed by atoms with van der Waals surface area (Å²) in [5, 5.41) is 1.30. The van der Waals surface area contributed by atoms with Gasteiger partial charge in [-0.15, -0.1) is 0 Å². The van der Waals surface area contributed by atoms with Crippen LogP contribution in [0.3, 0.4) is 0 Å². The van der Waals surface area contributed by atoms with Crippen molar-refractivity contribution in [3.8, 4) is 0 Å². The molecule has 2 rings (SSSR count). The van der Waals surface area contributed by atoms with Crippen LogP contribution in [0, 0.1) is 0 Å².